The Morgan fingerprint density at radius 1 is 1.12 bits per heavy atom. The number of benzene rings is 3. The predicted molar refractivity (Wildman–Crippen MR) is 119 cm³/mol. The maximum atomic E-state index is 13.6. The van der Waals surface area contributed by atoms with E-state index in [4.69, 9.17) is 20.8 Å². The Bertz CT molecular complexity index is 1290. The first-order valence-corrected chi connectivity index (χ1v) is 10.4. The summed E-state index contributed by atoms with van der Waals surface area (Å²) in [5, 5.41) is 2.78. The number of oxazole rings is 1. The normalized spacial score (nSPS) is 12.0. The van der Waals surface area contributed by atoms with Crippen molar-refractivity contribution in [2.24, 2.45) is 0 Å². The molecule has 1 N–H and O–H groups in total. The third-order valence-electron chi connectivity index (χ3n) is 4.91. The average molecular weight is 457 g/mol. The van der Waals surface area contributed by atoms with E-state index in [1.54, 1.807) is 42.5 Å². The van der Waals surface area contributed by atoms with Gasteiger partial charge in [0.25, 0.3) is 5.91 Å². The molecular formula is C24H19ClF2N2O3. The van der Waals surface area contributed by atoms with Crippen molar-refractivity contribution in [1.29, 1.82) is 0 Å². The van der Waals surface area contributed by atoms with E-state index in [0.717, 1.165) is 18.6 Å². The number of ether oxygens (including phenoxy) is 1. The molecule has 0 radical (unpaired) electrons. The Kier molecular flexibility index (Phi) is 6.10. The van der Waals surface area contributed by atoms with Crippen LogP contribution in [0.1, 0.15) is 30.6 Å². The summed E-state index contributed by atoms with van der Waals surface area (Å²) in [6.07, 6.45) is 0.978. The largest absolute Gasteiger partial charge is 0.491 e. The molecule has 1 aromatic heterocycles. The van der Waals surface area contributed by atoms with Crippen LogP contribution >= 0.6 is 11.6 Å². The van der Waals surface area contributed by atoms with Crippen molar-refractivity contribution in [2.75, 3.05) is 5.32 Å². The molecule has 1 atom stereocenters. The lowest BCUT2D eigenvalue weighted by Gasteiger charge is -2.12. The zero-order chi connectivity index (χ0) is 22.8. The molecule has 32 heavy (non-hydrogen) atoms. The molecule has 164 valence electrons. The molecule has 0 aliphatic heterocycles. The van der Waals surface area contributed by atoms with Gasteiger partial charge in [0.2, 0.25) is 5.89 Å². The number of anilines is 1. The first-order chi connectivity index (χ1) is 15.3. The Balaban J connectivity index is 1.53. The number of nitrogens with one attached hydrogen (secondary N) is 1. The first-order valence-electron chi connectivity index (χ1n) is 9.97. The number of carbonyl (C=O) groups excluding carboxylic acids is 1. The zero-order valence-corrected chi connectivity index (χ0v) is 18.0. The van der Waals surface area contributed by atoms with Crippen LogP contribution in [0.4, 0.5) is 14.5 Å². The van der Waals surface area contributed by atoms with Gasteiger partial charge >= 0.3 is 0 Å². The summed E-state index contributed by atoms with van der Waals surface area (Å²) in [7, 11) is 0. The number of nitrogens with zero attached hydrogens (tertiary/aromatic N) is 1. The summed E-state index contributed by atoms with van der Waals surface area (Å²) < 4.78 is 38.3. The number of hydrogen-bond acceptors (Lipinski definition) is 4. The van der Waals surface area contributed by atoms with E-state index in [-0.39, 0.29) is 28.5 Å². The van der Waals surface area contributed by atoms with E-state index in [0.29, 0.717) is 28.1 Å². The van der Waals surface area contributed by atoms with Crippen molar-refractivity contribution in [2.45, 2.75) is 26.4 Å². The standard InChI is InChI=1S/C24H19ClF2N2O3/c1-3-13(2)31-16-7-4-14(5-8-16)23(30)28-15-6-9-22-21(10-15)29-24(32-22)17-11-19(26)20(27)12-18(17)25/h4-13H,3H2,1-2H3,(H,28,30)/t13-/m1/s1. The Morgan fingerprint density at radius 2 is 1.84 bits per heavy atom. The fourth-order valence-corrected chi connectivity index (χ4v) is 3.24. The highest BCUT2D eigenvalue weighted by Gasteiger charge is 2.16. The van der Waals surface area contributed by atoms with E-state index in [1.807, 2.05) is 13.8 Å². The van der Waals surface area contributed by atoms with Gasteiger partial charge in [-0.3, -0.25) is 4.79 Å². The lowest BCUT2D eigenvalue weighted by Crippen LogP contribution is -2.12. The molecule has 0 saturated carbocycles. The highest BCUT2D eigenvalue weighted by Crippen LogP contribution is 2.32. The molecular weight excluding hydrogens is 438 g/mol. The van der Waals surface area contributed by atoms with E-state index < -0.39 is 11.6 Å². The molecule has 1 amide bonds. The molecule has 0 bridgehead atoms. The van der Waals surface area contributed by atoms with Crippen LogP contribution in [0.3, 0.4) is 0 Å². The summed E-state index contributed by atoms with van der Waals surface area (Å²) >= 11 is 6.01. The van der Waals surface area contributed by atoms with E-state index in [9.17, 15) is 13.6 Å². The van der Waals surface area contributed by atoms with Gasteiger partial charge in [-0.25, -0.2) is 13.8 Å². The van der Waals surface area contributed by atoms with E-state index in [2.05, 4.69) is 10.3 Å². The van der Waals surface area contributed by atoms with Crippen molar-refractivity contribution in [3.05, 3.63) is 76.8 Å². The second-order valence-electron chi connectivity index (χ2n) is 7.26. The van der Waals surface area contributed by atoms with Crippen LogP contribution in [0.5, 0.6) is 5.75 Å². The van der Waals surface area contributed by atoms with Crippen molar-refractivity contribution < 1.29 is 22.7 Å². The Hall–Kier alpha value is -3.45. The van der Waals surface area contributed by atoms with Crippen molar-refractivity contribution in [1.82, 2.24) is 4.98 Å². The Morgan fingerprint density at radius 3 is 2.56 bits per heavy atom. The quantitative estimate of drug-likeness (QED) is 0.322. The molecule has 3 aromatic carbocycles. The van der Waals surface area contributed by atoms with Gasteiger partial charge in [-0.15, -0.1) is 0 Å². The summed E-state index contributed by atoms with van der Waals surface area (Å²) in [5.41, 5.74) is 1.93. The molecule has 0 fully saturated rings. The summed E-state index contributed by atoms with van der Waals surface area (Å²) in [6, 6.07) is 13.6. The highest BCUT2D eigenvalue weighted by molar-refractivity contribution is 6.33. The smallest absolute Gasteiger partial charge is 0.255 e. The number of amides is 1. The van der Waals surface area contributed by atoms with Crippen LogP contribution in [0, 0.1) is 11.6 Å². The van der Waals surface area contributed by atoms with Crippen LogP contribution in [0.25, 0.3) is 22.6 Å². The lowest BCUT2D eigenvalue weighted by atomic mass is 10.2. The number of halogens is 3. The van der Waals surface area contributed by atoms with Crippen LogP contribution < -0.4 is 10.1 Å². The van der Waals surface area contributed by atoms with Gasteiger partial charge in [0.1, 0.15) is 11.3 Å². The maximum Gasteiger partial charge on any atom is 0.255 e. The number of hydrogen-bond donors (Lipinski definition) is 1. The number of aromatic nitrogens is 1. The topological polar surface area (TPSA) is 64.4 Å². The fraction of sp³-hybridized carbons (Fsp3) is 0.167. The second-order valence-corrected chi connectivity index (χ2v) is 7.67. The van der Waals surface area contributed by atoms with Gasteiger partial charge in [-0.1, -0.05) is 18.5 Å². The van der Waals surface area contributed by atoms with Crippen LogP contribution in [0.15, 0.2) is 59.0 Å². The maximum absolute atomic E-state index is 13.6. The van der Waals surface area contributed by atoms with Gasteiger partial charge < -0.3 is 14.5 Å². The number of rotatable bonds is 6. The molecule has 8 heteroatoms. The molecule has 0 unspecified atom stereocenters. The molecule has 4 rings (SSSR count). The predicted octanol–water partition coefficient (Wildman–Crippen LogP) is 6.86. The third-order valence-corrected chi connectivity index (χ3v) is 5.23. The molecule has 0 aliphatic carbocycles. The van der Waals surface area contributed by atoms with Gasteiger partial charge in [0.15, 0.2) is 17.2 Å². The molecule has 0 saturated heterocycles. The number of fused-ring (bicyclic) bond motifs is 1. The monoisotopic (exact) mass is 456 g/mol. The molecule has 5 nitrogen and oxygen atoms in total. The average Bonchev–Trinajstić information content (AvgIpc) is 3.19. The summed E-state index contributed by atoms with van der Waals surface area (Å²) in [5.74, 6) is -1.67. The molecule has 4 aromatic rings. The van der Waals surface area contributed by atoms with Gasteiger partial charge in [-0.05, 0) is 67.9 Å². The number of carbonyl (C=O) groups is 1. The Labute approximate surface area is 188 Å². The van der Waals surface area contributed by atoms with Gasteiger partial charge in [-0.2, -0.15) is 0 Å². The minimum absolute atomic E-state index is 0.0234. The van der Waals surface area contributed by atoms with Crippen molar-refractivity contribution in [3.63, 3.8) is 0 Å². The minimum Gasteiger partial charge on any atom is -0.491 e. The lowest BCUT2D eigenvalue weighted by molar-refractivity contribution is 0.102. The van der Waals surface area contributed by atoms with E-state index in [1.165, 1.54) is 0 Å². The third kappa shape index (κ3) is 4.57. The SMILES string of the molecule is CC[C@@H](C)Oc1ccc(C(=O)Nc2ccc3oc(-c4cc(F)c(F)cc4Cl)nc3c2)cc1. The van der Waals surface area contributed by atoms with Crippen LogP contribution in [-0.2, 0) is 0 Å². The molecule has 0 spiro atoms. The minimum atomic E-state index is -1.06. The van der Waals surface area contributed by atoms with Crippen molar-refractivity contribution >= 4 is 34.3 Å². The van der Waals surface area contributed by atoms with Gasteiger partial charge in [0.05, 0.1) is 16.7 Å². The van der Waals surface area contributed by atoms with Crippen LogP contribution in [0.2, 0.25) is 5.02 Å². The summed E-state index contributed by atoms with van der Waals surface area (Å²) in [4.78, 5) is 16.9. The summed E-state index contributed by atoms with van der Waals surface area (Å²) in [6.45, 7) is 4.01. The fourth-order valence-electron chi connectivity index (χ4n) is 3.01. The van der Waals surface area contributed by atoms with E-state index >= 15 is 0 Å². The molecule has 0 aliphatic rings. The van der Waals surface area contributed by atoms with Crippen LogP contribution in [-0.4, -0.2) is 17.0 Å². The van der Waals surface area contributed by atoms with Crippen molar-refractivity contribution in [3.8, 4) is 17.2 Å². The molecule has 1 heterocycles. The second kappa shape index (κ2) is 8.96. The highest BCUT2D eigenvalue weighted by atomic mass is 35.5. The van der Waals surface area contributed by atoms with Gasteiger partial charge in [0, 0.05) is 11.3 Å². The zero-order valence-electron chi connectivity index (χ0n) is 17.3. The first kappa shape index (κ1) is 21.8.